The minimum atomic E-state index is -0.0959. The number of rotatable bonds is 6. The van der Waals surface area contributed by atoms with Gasteiger partial charge in [0.25, 0.3) is 5.91 Å². The van der Waals surface area contributed by atoms with Gasteiger partial charge >= 0.3 is 0 Å². The molecule has 1 atom stereocenters. The van der Waals surface area contributed by atoms with Crippen molar-refractivity contribution in [3.8, 4) is 5.75 Å². The van der Waals surface area contributed by atoms with Crippen molar-refractivity contribution < 1.29 is 14.3 Å². The van der Waals surface area contributed by atoms with Gasteiger partial charge in [0.1, 0.15) is 5.75 Å². The Labute approximate surface area is 139 Å². The van der Waals surface area contributed by atoms with Crippen LogP contribution in [0.4, 0.5) is 0 Å². The highest BCUT2D eigenvalue weighted by Gasteiger charge is 2.18. The van der Waals surface area contributed by atoms with Gasteiger partial charge in [-0.3, -0.25) is 4.79 Å². The molecule has 120 valence electrons. The molecule has 0 bridgehead atoms. The third-order valence-corrected chi connectivity index (χ3v) is 6.80. The van der Waals surface area contributed by atoms with Crippen molar-refractivity contribution in [2.45, 2.75) is 23.5 Å². The first-order chi connectivity index (χ1) is 10.8. The Bertz CT molecular complexity index is 483. The van der Waals surface area contributed by atoms with Gasteiger partial charge in [0.05, 0.1) is 10.7 Å². The molecule has 0 radical (unpaired) electrons. The maximum atomic E-state index is 11.8. The van der Waals surface area contributed by atoms with E-state index in [9.17, 15) is 4.79 Å². The third-order valence-electron chi connectivity index (χ3n) is 3.69. The molecule has 22 heavy (non-hydrogen) atoms. The average molecular weight is 339 g/mol. The van der Waals surface area contributed by atoms with E-state index >= 15 is 0 Å². The normalized spacial score (nSPS) is 21.9. The molecule has 2 saturated heterocycles. The van der Waals surface area contributed by atoms with Crippen molar-refractivity contribution in [2.24, 2.45) is 0 Å². The minimum Gasteiger partial charge on any atom is -0.484 e. The van der Waals surface area contributed by atoms with E-state index in [-0.39, 0.29) is 18.6 Å². The number of hydrogen-bond donors (Lipinski definition) is 1. The van der Waals surface area contributed by atoms with Crippen molar-refractivity contribution in [3.05, 3.63) is 29.8 Å². The van der Waals surface area contributed by atoms with E-state index in [1.807, 2.05) is 35.7 Å². The Balaban J connectivity index is 1.39. The molecular formula is C16H21NO3S2. The molecule has 2 heterocycles. The predicted molar refractivity (Wildman–Crippen MR) is 91.6 cm³/mol. The fourth-order valence-corrected chi connectivity index (χ4v) is 5.36. The molecule has 6 heteroatoms. The first kappa shape index (κ1) is 16.0. The summed E-state index contributed by atoms with van der Waals surface area (Å²) in [6.07, 6.45) is 2.28. The Morgan fingerprint density at radius 3 is 2.73 bits per heavy atom. The van der Waals surface area contributed by atoms with Crippen LogP contribution in [-0.4, -0.2) is 43.3 Å². The van der Waals surface area contributed by atoms with Crippen LogP contribution in [0.2, 0.25) is 0 Å². The van der Waals surface area contributed by atoms with Gasteiger partial charge in [-0.2, -0.15) is 0 Å². The summed E-state index contributed by atoms with van der Waals surface area (Å²) in [7, 11) is 0. The molecule has 1 aromatic rings. The smallest absolute Gasteiger partial charge is 0.258 e. The molecule has 4 nitrogen and oxygen atoms in total. The highest BCUT2D eigenvalue weighted by atomic mass is 32.2. The summed E-state index contributed by atoms with van der Waals surface area (Å²) in [6.45, 7) is 1.44. The lowest BCUT2D eigenvalue weighted by Gasteiger charge is -2.12. The zero-order chi connectivity index (χ0) is 15.2. The zero-order valence-corrected chi connectivity index (χ0v) is 14.1. The molecule has 0 aliphatic carbocycles. The van der Waals surface area contributed by atoms with E-state index < -0.39 is 0 Å². The first-order valence-corrected chi connectivity index (χ1v) is 9.75. The Morgan fingerprint density at radius 2 is 2.05 bits per heavy atom. The predicted octanol–water partition coefficient (Wildman–Crippen LogP) is 2.84. The maximum Gasteiger partial charge on any atom is 0.258 e. The van der Waals surface area contributed by atoms with Crippen molar-refractivity contribution in [1.82, 2.24) is 5.32 Å². The zero-order valence-electron chi connectivity index (χ0n) is 12.5. The Hall–Kier alpha value is -0.850. The van der Waals surface area contributed by atoms with Crippen LogP contribution in [0.5, 0.6) is 5.75 Å². The topological polar surface area (TPSA) is 47.6 Å². The van der Waals surface area contributed by atoms with Crippen LogP contribution in [0.15, 0.2) is 24.3 Å². The second-order valence-electron chi connectivity index (χ2n) is 5.37. The second kappa shape index (κ2) is 8.13. The molecular weight excluding hydrogens is 318 g/mol. The SMILES string of the molecule is O=C(COc1ccc(C2SCCS2)cc1)NC[C@@H]1CCCO1. The van der Waals surface area contributed by atoms with Crippen LogP contribution in [0.1, 0.15) is 23.0 Å². The average Bonchev–Trinajstić information content (AvgIpc) is 3.24. The maximum absolute atomic E-state index is 11.8. The van der Waals surface area contributed by atoms with E-state index in [0.717, 1.165) is 25.2 Å². The summed E-state index contributed by atoms with van der Waals surface area (Å²) in [5.41, 5.74) is 1.32. The van der Waals surface area contributed by atoms with E-state index in [1.165, 1.54) is 17.1 Å². The molecule has 1 aromatic carbocycles. The van der Waals surface area contributed by atoms with E-state index in [4.69, 9.17) is 9.47 Å². The molecule has 1 N–H and O–H groups in total. The number of hydrogen-bond acceptors (Lipinski definition) is 5. The van der Waals surface area contributed by atoms with Crippen LogP contribution >= 0.6 is 23.5 Å². The van der Waals surface area contributed by atoms with Crippen molar-refractivity contribution in [1.29, 1.82) is 0 Å². The Morgan fingerprint density at radius 1 is 1.27 bits per heavy atom. The summed E-state index contributed by atoms with van der Waals surface area (Å²) in [5.74, 6) is 3.09. The molecule has 2 fully saturated rings. The van der Waals surface area contributed by atoms with Gasteiger partial charge in [-0.05, 0) is 30.5 Å². The Kier molecular flexibility index (Phi) is 5.92. The standard InChI is InChI=1S/C16H21NO3S2/c18-15(17-10-14-2-1-7-19-14)11-20-13-5-3-12(4-6-13)16-21-8-9-22-16/h3-6,14,16H,1-2,7-11H2,(H,17,18)/t14-/m0/s1. The van der Waals surface area contributed by atoms with Crippen LogP contribution in [0.3, 0.4) is 0 Å². The number of amides is 1. The largest absolute Gasteiger partial charge is 0.484 e. The summed E-state index contributed by atoms with van der Waals surface area (Å²) < 4.78 is 11.5. The quantitative estimate of drug-likeness (QED) is 0.863. The van der Waals surface area contributed by atoms with Gasteiger partial charge < -0.3 is 14.8 Å². The fourth-order valence-electron chi connectivity index (χ4n) is 2.50. The third kappa shape index (κ3) is 4.57. The van der Waals surface area contributed by atoms with Crippen LogP contribution in [0.25, 0.3) is 0 Å². The number of carbonyl (C=O) groups is 1. The summed E-state index contributed by atoms with van der Waals surface area (Å²) in [5, 5.41) is 2.86. The van der Waals surface area contributed by atoms with Crippen molar-refractivity contribution in [2.75, 3.05) is 31.3 Å². The molecule has 0 spiro atoms. The molecule has 3 rings (SSSR count). The lowest BCUT2D eigenvalue weighted by Crippen LogP contribution is -2.35. The van der Waals surface area contributed by atoms with E-state index in [2.05, 4.69) is 17.4 Å². The summed E-state index contributed by atoms with van der Waals surface area (Å²) >= 11 is 3.97. The van der Waals surface area contributed by atoms with Gasteiger partial charge in [-0.1, -0.05) is 12.1 Å². The monoisotopic (exact) mass is 339 g/mol. The molecule has 0 aromatic heterocycles. The molecule has 2 aliphatic rings. The van der Waals surface area contributed by atoms with Crippen LogP contribution in [0, 0.1) is 0 Å². The number of thioether (sulfide) groups is 2. The number of nitrogens with one attached hydrogen (secondary N) is 1. The lowest BCUT2D eigenvalue weighted by molar-refractivity contribution is -0.123. The highest BCUT2D eigenvalue weighted by Crippen LogP contribution is 2.45. The van der Waals surface area contributed by atoms with Crippen LogP contribution in [-0.2, 0) is 9.53 Å². The minimum absolute atomic E-state index is 0.0546. The number of benzene rings is 1. The van der Waals surface area contributed by atoms with E-state index in [1.54, 1.807) is 0 Å². The van der Waals surface area contributed by atoms with Gasteiger partial charge in [0.15, 0.2) is 6.61 Å². The fraction of sp³-hybridized carbons (Fsp3) is 0.562. The summed E-state index contributed by atoms with van der Waals surface area (Å²) in [6, 6.07) is 8.08. The molecule has 2 aliphatic heterocycles. The van der Waals surface area contributed by atoms with Gasteiger partial charge in [-0.15, -0.1) is 23.5 Å². The highest BCUT2D eigenvalue weighted by molar-refractivity contribution is 8.19. The van der Waals surface area contributed by atoms with Crippen molar-refractivity contribution in [3.63, 3.8) is 0 Å². The number of carbonyl (C=O) groups excluding carboxylic acids is 1. The molecule has 0 saturated carbocycles. The molecule has 0 unspecified atom stereocenters. The number of ether oxygens (including phenoxy) is 2. The van der Waals surface area contributed by atoms with Crippen LogP contribution < -0.4 is 10.1 Å². The second-order valence-corrected chi connectivity index (χ2v) is 8.09. The van der Waals surface area contributed by atoms with Gasteiger partial charge in [-0.25, -0.2) is 0 Å². The van der Waals surface area contributed by atoms with Gasteiger partial charge in [0, 0.05) is 24.7 Å². The van der Waals surface area contributed by atoms with E-state index in [0.29, 0.717) is 11.1 Å². The molecule has 1 amide bonds. The first-order valence-electron chi connectivity index (χ1n) is 7.65. The van der Waals surface area contributed by atoms with Gasteiger partial charge in [0.2, 0.25) is 0 Å². The van der Waals surface area contributed by atoms with Crippen molar-refractivity contribution >= 4 is 29.4 Å². The lowest BCUT2D eigenvalue weighted by atomic mass is 10.2. The summed E-state index contributed by atoms with van der Waals surface area (Å²) in [4.78, 5) is 11.8.